The molecule has 23 heavy (non-hydrogen) atoms. The molecule has 0 unspecified atom stereocenters. The molecule has 4 heteroatoms. The molecule has 3 rings (SSSR count). The van der Waals surface area contributed by atoms with Crippen molar-refractivity contribution >= 4 is 11.9 Å². The van der Waals surface area contributed by atoms with Gasteiger partial charge in [-0.25, -0.2) is 4.79 Å². The summed E-state index contributed by atoms with van der Waals surface area (Å²) in [6, 6.07) is 10.3. The number of hydrogen-bond donors (Lipinski definition) is 0. The molecule has 1 aromatic carbocycles. The highest BCUT2D eigenvalue weighted by Gasteiger charge is 2.61. The zero-order valence-electron chi connectivity index (χ0n) is 14.2. The molecular formula is C19H25NO3. The van der Waals surface area contributed by atoms with E-state index in [1.807, 2.05) is 30.0 Å². The molecule has 0 aromatic heterocycles. The molecule has 0 aliphatic carbocycles. The van der Waals surface area contributed by atoms with E-state index >= 15 is 0 Å². The Morgan fingerprint density at radius 1 is 1.30 bits per heavy atom. The molecule has 124 valence electrons. The maximum absolute atomic E-state index is 12.6. The second kappa shape index (κ2) is 5.66. The Morgan fingerprint density at radius 3 is 2.65 bits per heavy atom. The summed E-state index contributed by atoms with van der Waals surface area (Å²) in [5, 5.41) is 0. The number of rotatable bonds is 4. The average Bonchev–Trinajstić information content (AvgIpc) is 3.09. The Balaban J connectivity index is 1.96. The van der Waals surface area contributed by atoms with Gasteiger partial charge in [0, 0.05) is 17.9 Å². The average molecular weight is 315 g/mol. The quantitative estimate of drug-likeness (QED) is 0.802. The van der Waals surface area contributed by atoms with E-state index in [1.54, 1.807) is 0 Å². The first-order valence-electron chi connectivity index (χ1n) is 8.48. The molecular weight excluding hydrogens is 290 g/mol. The second-order valence-corrected chi connectivity index (χ2v) is 7.16. The van der Waals surface area contributed by atoms with Gasteiger partial charge in [0.25, 0.3) is 0 Å². The fourth-order valence-electron chi connectivity index (χ4n) is 4.33. The fraction of sp³-hybridized carbons (Fsp3) is 0.579. The molecule has 4 nitrogen and oxygen atoms in total. The van der Waals surface area contributed by atoms with Crippen LogP contribution in [0.5, 0.6) is 0 Å². The predicted octanol–water partition coefficient (Wildman–Crippen LogP) is 3.05. The van der Waals surface area contributed by atoms with E-state index in [4.69, 9.17) is 4.74 Å². The summed E-state index contributed by atoms with van der Waals surface area (Å²) in [4.78, 5) is 27.0. The lowest BCUT2D eigenvalue weighted by Gasteiger charge is -2.41. The van der Waals surface area contributed by atoms with Crippen LogP contribution < -0.4 is 0 Å². The van der Waals surface area contributed by atoms with Gasteiger partial charge in [-0.2, -0.15) is 0 Å². The van der Waals surface area contributed by atoms with Crippen LogP contribution in [-0.2, 0) is 19.7 Å². The van der Waals surface area contributed by atoms with E-state index in [2.05, 4.69) is 26.0 Å². The lowest BCUT2D eigenvalue weighted by molar-refractivity contribution is -0.159. The summed E-state index contributed by atoms with van der Waals surface area (Å²) >= 11 is 0. The largest absolute Gasteiger partial charge is 0.464 e. The number of carbonyl (C=O) groups is 2. The molecule has 0 radical (unpaired) electrons. The van der Waals surface area contributed by atoms with Crippen LogP contribution in [-0.4, -0.2) is 35.0 Å². The van der Waals surface area contributed by atoms with Crippen molar-refractivity contribution in [3.63, 3.8) is 0 Å². The van der Waals surface area contributed by atoms with Crippen molar-refractivity contribution in [2.45, 2.75) is 63.5 Å². The van der Waals surface area contributed by atoms with Gasteiger partial charge in [-0.3, -0.25) is 4.79 Å². The van der Waals surface area contributed by atoms with Gasteiger partial charge in [-0.15, -0.1) is 0 Å². The van der Waals surface area contributed by atoms with Crippen molar-refractivity contribution in [1.82, 2.24) is 4.90 Å². The summed E-state index contributed by atoms with van der Waals surface area (Å²) in [6.45, 7) is 6.50. The Hall–Kier alpha value is -1.84. The summed E-state index contributed by atoms with van der Waals surface area (Å²) in [5.41, 5.74) is 0.267. The third kappa shape index (κ3) is 2.35. The van der Waals surface area contributed by atoms with E-state index in [9.17, 15) is 9.59 Å². The molecule has 2 saturated heterocycles. The summed E-state index contributed by atoms with van der Waals surface area (Å²) in [6.07, 6.45) is 2.58. The number of amides is 1. The van der Waals surface area contributed by atoms with Crippen LogP contribution in [0.25, 0.3) is 0 Å². The zero-order chi connectivity index (χ0) is 16.7. The highest BCUT2D eigenvalue weighted by Crippen LogP contribution is 2.49. The third-order valence-electron chi connectivity index (χ3n) is 5.63. The Morgan fingerprint density at radius 2 is 2.00 bits per heavy atom. The SMILES string of the molecule is CCOC(=O)[C@@]12CCC(=O)N1[C@H](C(C)(C)c1ccccc1)CC2. The number of hydrogen-bond acceptors (Lipinski definition) is 3. The van der Waals surface area contributed by atoms with Crippen molar-refractivity contribution in [3.05, 3.63) is 35.9 Å². The van der Waals surface area contributed by atoms with Crippen LogP contribution in [0.3, 0.4) is 0 Å². The monoisotopic (exact) mass is 315 g/mol. The fourth-order valence-corrected chi connectivity index (χ4v) is 4.33. The summed E-state index contributed by atoms with van der Waals surface area (Å²) in [7, 11) is 0. The highest BCUT2D eigenvalue weighted by molar-refractivity contribution is 5.93. The van der Waals surface area contributed by atoms with Crippen LogP contribution in [0.1, 0.15) is 52.0 Å². The van der Waals surface area contributed by atoms with Crippen LogP contribution in [0.15, 0.2) is 30.3 Å². The van der Waals surface area contributed by atoms with Crippen molar-refractivity contribution in [1.29, 1.82) is 0 Å². The lowest BCUT2D eigenvalue weighted by atomic mass is 9.76. The van der Waals surface area contributed by atoms with Crippen LogP contribution >= 0.6 is 0 Å². The minimum Gasteiger partial charge on any atom is -0.464 e. The lowest BCUT2D eigenvalue weighted by Crippen LogP contribution is -2.55. The van der Waals surface area contributed by atoms with Crippen LogP contribution in [0.4, 0.5) is 0 Å². The third-order valence-corrected chi connectivity index (χ3v) is 5.63. The molecule has 1 amide bonds. The van der Waals surface area contributed by atoms with E-state index in [0.29, 0.717) is 25.9 Å². The Labute approximate surface area is 137 Å². The first-order chi connectivity index (χ1) is 10.9. The number of nitrogens with zero attached hydrogens (tertiary/aromatic N) is 1. The van der Waals surface area contributed by atoms with Gasteiger partial charge in [0.1, 0.15) is 5.54 Å². The molecule has 0 N–H and O–H groups in total. The molecule has 1 aromatic rings. The van der Waals surface area contributed by atoms with Crippen LogP contribution in [0.2, 0.25) is 0 Å². The number of ether oxygens (including phenoxy) is 1. The Bertz CT molecular complexity index is 610. The summed E-state index contributed by atoms with van der Waals surface area (Å²) < 4.78 is 5.31. The molecule has 0 saturated carbocycles. The van der Waals surface area contributed by atoms with Gasteiger partial charge < -0.3 is 9.64 Å². The maximum Gasteiger partial charge on any atom is 0.332 e. The van der Waals surface area contributed by atoms with Crippen molar-refractivity contribution in [2.75, 3.05) is 6.61 Å². The first kappa shape index (κ1) is 16.0. The van der Waals surface area contributed by atoms with E-state index < -0.39 is 5.54 Å². The summed E-state index contributed by atoms with van der Waals surface area (Å²) in [5.74, 6) is -0.137. The molecule has 2 aliphatic heterocycles. The molecule has 2 aliphatic rings. The van der Waals surface area contributed by atoms with Gasteiger partial charge in [-0.1, -0.05) is 44.2 Å². The normalized spacial score (nSPS) is 27.2. The first-order valence-corrected chi connectivity index (χ1v) is 8.48. The molecule has 2 fully saturated rings. The standard InChI is InChI=1S/C19H25NO3/c1-4-23-17(22)19-12-10-15(20(19)16(21)11-13-19)18(2,3)14-8-6-5-7-9-14/h5-9,15H,4,10-13H2,1-3H3/t15-,19+/m0/s1. The smallest absolute Gasteiger partial charge is 0.332 e. The molecule has 0 spiro atoms. The number of carbonyl (C=O) groups excluding carboxylic acids is 2. The van der Waals surface area contributed by atoms with Gasteiger partial charge in [0.2, 0.25) is 5.91 Å². The van der Waals surface area contributed by atoms with Crippen molar-refractivity contribution < 1.29 is 14.3 Å². The van der Waals surface area contributed by atoms with Gasteiger partial charge in [0.15, 0.2) is 0 Å². The molecule has 2 atom stereocenters. The topological polar surface area (TPSA) is 46.6 Å². The number of fused-ring (bicyclic) bond motifs is 1. The van der Waals surface area contributed by atoms with E-state index in [0.717, 1.165) is 6.42 Å². The maximum atomic E-state index is 12.6. The Kier molecular flexibility index (Phi) is 3.95. The molecule has 2 heterocycles. The molecule has 0 bridgehead atoms. The highest BCUT2D eigenvalue weighted by atomic mass is 16.5. The van der Waals surface area contributed by atoms with Gasteiger partial charge in [-0.05, 0) is 31.7 Å². The number of benzene rings is 1. The van der Waals surface area contributed by atoms with E-state index in [-0.39, 0.29) is 23.3 Å². The number of esters is 1. The van der Waals surface area contributed by atoms with Gasteiger partial charge in [0.05, 0.1) is 6.61 Å². The van der Waals surface area contributed by atoms with Gasteiger partial charge >= 0.3 is 5.97 Å². The zero-order valence-corrected chi connectivity index (χ0v) is 14.2. The minimum absolute atomic E-state index is 0.0318. The van der Waals surface area contributed by atoms with Crippen molar-refractivity contribution in [2.24, 2.45) is 0 Å². The second-order valence-electron chi connectivity index (χ2n) is 7.16. The van der Waals surface area contributed by atoms with E-state index in [1.165, 1.54) is 5.56 Å². The van der Waals surface area contributed by atoms with Crippen molar-refractivity contribution in [3.8, 4) is 0 Å². The minimum atomic E-state index is -0.732. The van der Waals surface area contributed by atoms with Crippen LogP contribution in [0, 0.1) is 0 Å². The predicted molar refractivity (Wildman–Crippen MR) is 87.9 cm³/mol.